The van der Waals surface area contributed by atoms with E-state index in [1.165, 1.54) is 0 Å². The van der Waals surface area contributed by atoms with Crippen molar-refractivity contribution >= 4 is 16.3 Å². The van der Waals surface area contributed by atoms with Crippen LogP contribution in [0.2, 0.25) is 0 Å². The van der Waals surface area contributed by atoms with Crippen molar-refractivity contribution in [1.82, 2.24) is 9.78 Å². The van der Waals surface area contributed by atoms with Gasteiger partial charge in [0, 0.05) is 24.7 Å². The van der Waals surface area contributed by atoms with Crippen molar-refractivity contribution in [3.63, 3.8) is 0 Å². The molecule has 1 heterocycles. The van der Waals surface area contributed by atoms with E-state index in [-0.39, 0.29) is 6.42 Å². The molecule has 1 aliphatic rings. The van der Waals surface area contributed by atoms with Gasteiger partial charge in [-0.3, -0.25) is 4.68 Å². The highest BCUT2D eigenvalue weighted by Crippen LogP contribution is 2.48. The van der Waals surface area contributed by atoms with Gasteiger partial charge in [0.1, 0.15) is 6.29 Å². The Morgan fingerprint density at radius 2 is 2.11 bits per heavy atom. The number of hydrogen-bond donors (Lipinski definition) is 1. The Labute approximate surface area is 113 Å². The molecule has 1 saturated carbocycles. The normalized spacial score (nSPS) is 18.3. The van der Waals surface area contributed by atoms with Gasteiger partial charge in [-0.2, -0.15) is 5.10 Å². The van der Waals surface area contributed by atoms with Gasteiger partial charge < -0.3 is 4.79 Å². The summed E-state index contributed by atoms with van der Waals surface area (Å²) in [6.45, 7) is 3.17. The Hall–Kier alpha value is -1.21. The number of nitrogens with two attached hydrogens (primary N) is 1. The van der Waals surface area contributed by atoms with Gasteiger partial charge in [-0.05, 0) is 26.7 Å². The van der Waals surface area contributed by atoms with Gasteiger partial charge in [0.15, 0.2) is 0 Å². The summed E-state index contributed by atoms with van der Waals surface area (Å²) in [6.07, 6.45) is 4.44. The second-order valence-corrected chi connectivity index (χ2v) is 8.08. The van der Waals surface area contributed by atoms with Crippen LogP contribution in [-0.2, 0) is 33.7 Å². The SMILES string of the molecule is Cn1ncc(C2(C=O)CC2)c1CC(C)(C)S(N)(=O)=O. The van der Waals surface area contributed by atoms with E-state index in [1.54, 1.807) is 31.8 Å². The van der Waals surface area contributed by atoms with Crippen LogP contribution in [0.25, 0.3) is 0 Å². The van der Waals surface area contributed by atoms with Crippen molar-refractivity contribution in [2.24, 2.45) is 12.2 Å². The minimum Gasteiger partial charge on any atom is -0.302 e. The van der Waals surface area contributed by atoms with Crippen LogP contribution >= 0.6 is 0 Å². The molecule has 0 saturated heterocycles. The van der Waals surface area contributed by atoms with E-state index in [0.29, 0.717) is 0 Å². The number of sulfonamides is 1. The van der Waals surface area contributed by atoms with Crippen molar-refractivity contribution in [2.75, 3.05) is 0 Å². The molecule has 0 unspecified atom stereocenters. The molecule has 0 amide bonds. The standard InChI is InChI=1S/C12H19N3O3S/c1-11(2,19(13,17)18)6-10-9(7-14-15(10)3)12(8-16)4-5-12/h7-8H,4-6H2,1-3H3,(H2,13,17,18). The van der Waals surface area contributed by atoms with Gasteiger partial charge in [0.2, 0.25) is 10.0 Å². The second-order valence-electron chi connectivity index (χ2n) is 5.88. The van der Waals surface area contributed by atoms with E-state index in [0.717, 1.165) is 30.4 Å². The average Bonchev–Trinajstić information content (AvgIpc) is 3.00. The predicted octanol–water partition coefficient (Wildman–Crippen LogP) is 0.260. The molecule has 1 fully saturated rings. The second kappa shape index (κ2) is 4.14. The molecule has 0 bridgehead atoms. The number of aldehydes is 1. The predicted molar refractivity (Wildman–Crippen MR) is 71.1 cm³/mol. The first-order valence-corrected chi connectivity index (χ1v) is 7.68. The van der Waals surface area contributed by atoms with E-state index >= 15 is 0 Å². The Bertz CT molecular complexity index is 612. The van der Waals surface area contributed by atoms with Crippen LogP contribution in [-0.4, -0.2) is 29.2 Å². The number of carbonyl (C=O) groups excluding carboxylic acids is 1. The number of rotatable bonds is 5. The van der Waals surface area contributed by atoms with Gasteiger partial charge in [-0.25, -0.2) is 13.6 Å². The molecule has 106 valence electrons. The van der Waals surface area contributed by atoms with Crippen LogP contribution in [0.4, 0.5) is 0 Å². The Kier molecular flexibility index (Phi) is 3.10. The molecule has 7 heteroatoms. The molecule has 0 radical (unpaired) electrons. The molecule has 1 aromatic heterocycles. The topological polar surface area (TPSA) is 95.0 Å². The third kappa shape index (κ3) is 2.32. The van der Waals surface area contributed by atoms with Crippen molar-refractivity contribution < 1.29 is 13.2 Å². The molecule has 0 aliphatic heterocycles. The van der Waals surface area contributed by atoms with Crippen LogP contribution in [0.15, 0.2) is 6.20 Å². The highest BCUT2D eigenvalue weighted by atomic mass is 32.2. The molecule has 0 spiro atoms. The molecule has 19 heavy (non-hydrogen) atoms. The summed E-state index contributed by atoms with van der Waals surface area (Å²) in [5.74, 6) is 0. The van der Waals surface area contributed by atoms with Crippen LogP contribution in [0.1, 0.15) is 37.9 Å². The molecular formula is C12H19N3O3S. The lowest BCUT2D eigenvalue weighted by atomic mass is 9.94. The Morgan fingerprint density at radius 1 is 1.53 bits per heavy atom. The van der Waals surface area contributed by atoms with E-state index in [2.05, 4.69) is 5.10 Å². The number of nitrogens with zero attached hydrogens (tertiary/aromatic N) is 2. The van der Waals surface area contributed by atoms with Gasteiger partial charge >= 0.3 is 0 Å². The van der Waals surface area contributed by atoms with Gasteiger partial charge in [-0.1, -0.05) is 0 Å². The first kappa shape index (κ1) is 14.2. The summed E-state index contributed by atoms with van der Waals surface area (Å²) in [5, 5.41) is 9.42. The zero-order chi connectivity index (χ0) is 14.5. The Morgan fingerprint density at radius 3 is 2.53 bits per heavy atom. The summed E-state index contributed by atoms with van der Waals surface area (Å²) < 4.78 is 23.8. The summed E-state index contributed by atoms with van der Waals surface area (Å²) in [7, 11) is -1.92. The first-order chi connectivity index (χ1) is 8.63. The van der Waals surface area contributed by atoms with Crippen LogP contribution in [0, 0.1) is 0 Å². The van der Waals surface area contributed by atoms with Gasteiger partial charge in [0.25, 0.3) is 0 Å². The third-order valence-electron chi connectivity index (χ3n) is 3.98. The van der Waals surface area contributed by atoms with Crippen LogP contribution in [0.5, 0.6) is 0 Å². The Balaban J connectivity index is 2.42. The number of primary sulfonamides is 1. The smallest absolute Gasteiger partial charge is 0.214 e. The zero-order valence-electron chi connectivity index (χ0n) is 11.4. The van der Waals surface area contributed by atoms with E-state index in [9.17, 15) is 13.2 Å². The maximum atomic E-state index is 11.6. The van der Waals surface area contributed by atoms with E-state index in [1.807, 2.05) is 0 Å². The lowest BCUT2D eigenvalue weighted by Gasteiger charge is -2.23. The van der Waals surface area contributed by atoms with E-state index in [4.69, 9.17) is 5.14 Å². The molecule has 2 N–H and O–H groups in total. The zero-order valence-corrected chi connectivity index (χ0v) is 12.2. The lowest BCUT2D eigenvalue weighted by Crippen LogP contribution is -2.40. The minimum atomic E-state index is -3.67. The summed E-state index contributed by atoms with van der Waals surface area (Å²) in [5.41, 5.74) is 1.14. The quantitative estimate of drug-likeness (QED) is 0.785. The number of aryl methyl sites for hydroxylation is 1. The number of hydrogen-bond acceptors (Lipinski definition) is 4. The van der Waals surface area contributed by atoms with Crippen LogP contribution < -0.4 is 5.14 Å². The average molecular weight is 285 g/mol. The fraction of sp³-hybridized carbons (Fsp3) is 0.667. The van der Waals surface area contributed by atoms with Crippen molar-refractivity contribution in [1.29, 1.82) is 0 Å². The third-order valence-corrected chi connectivity index (χ3v) is 5.66. The fourth-order valence-corrected chi connectivity index (χ4v) is 2.52. The highest BCUT2D eigenvalue weighted by Gasteiger charge is 2.48. The molecule has 1 aromatic rings. The van der Waals surface area contributed by atoms with Crippen molar-refractivity contribution in [3.8, 4) is 0 Å². The number of carbonyl (C=O) groups is 1. The molecule has 6 nitrogen and oxygen atoms in total. The molecule has 2 rings (SSSR count). The maximum absolute atomic E-state index is 11.6. The monoisotopic (exact) mass is 285 g/mol. The first-order valence-electron chi connectivity index (χ1n) is 6.13. The largest absolute Gasteiger partial charge is 0.302 e. The fourth-order valence-electron chi connectivity index (χ4n) is 2.18. The van der Waals surface area contributed by atoms with Crippen LogP contribution in [0.3, 0.4) is 0 Å². The summed E-state index contributed by atoms with van der Waals surface area (Å²) in [4.78, 5) is 11.2. The summed E-state index contributed by atoms with van der Waals surface area (Å²) in [6, 6.07) is 0. The minimum absolute atomic E-state index is 0.243. The summed E-state index contributed by atoms with van der Waals surface area (Å²) >= 11 is 0. The number of aromatic nitrogens is 2. The maximum Gasteiger partial charge on any atom is 0.214 e. The molecule has 0 atom stereocenters. The van der Waals surface area contributed by atoms with Crippen molar-refractivity contribution in [2.45, 2.75) is 43.3 Å². The van der Waals surface area contributed by atoms with Gasteiger partial charge in [-0.15, -0.1) is 0 Å². The highest BCUT2D eigenvalue weighted by molar-refractivity contribution is 7.90. The van der Waals surface area contributed by atoms with E-state index < -0.39 is 20.2 Å². The lowest BCUT2D eigenvalue weighted by molar-refractivity contribution is -0.109. The molecular weight excluding hydrogens is 266 g/mol. The molecule has 0 aromatic carbocycles. The van der Waals surface area contributed by atoms with Gasteiger partial charge in [0.05, 0.1) is 16.4 Å². The molecule has 1 aliphatic carbocycles. The van der Waals surface area contributed by atoms with Crippen molar-refractivity contribution in [3.05, 3.63) is 17.5 Å².